The summed E-state index contributed by atoms with van der Waals surface area (Å²) in [7, 11) is 8.39. The van der Waals surface area contributed by atoms with Gasteiger partial charge in [-0.3, -0.25) is 24.1 Å². The van der Waals surface area contributed by atoms with Crippen LogP contribution in [0.4, 0.5) is 4.39 Å². The zero-order valence-corrected chi connectivity index (χ0v) is 34.4. The van der Waals surface area contributed by atoms with E-state index in [1.165, 1.54) is 26.4 Å². The molecule has 1 saturated heterocycles. The summed E-state index contributed by atoms with van der Waals surface area (Å²) < 4.78 is 25.2. The van der Waals surface area contributed by atoms with E-state index in [0.717, 1.165) is 5.56 Å². The third kappa shape index (κ3) is 12.4. The van der Waals surface area contributed by atoms with Gasteiger partial charge in [0.25, 0.3) is 0 Å². The molecule has 1 unspecified atom stereocenters. The summed E-state index contributed by atoms with van der Waals surface area (Å²) in [6.07, 6.45) is -0.852. The van der Waals surface area contributed by atoms with Gasteiger partial charge in [0.2, 0.25) is 23.6 Å². The summed E-state index contributed by atoms with van der Waals surface area (Å²) in [6.45, 7) is 15.4. The van der Waals surface area contributed by atoms with Crippen molar-refractivity contribution >= 4 is 23.6 Å². The lowest BCUT2D eigenvalue weighted by Crippen LogP contribution is -2.59. The zero-order chi connectivity index (χ0) is 40.3. The Kier molecular flexibility index (Phi) is 18.3. The molecule has 0 aliphatic carbocycles. The molecular formula is C40H68FN5O7. The average Bonchev–Trinajstić information content (AvgIpc) is 3.47. The highest BCUT2D eigenvalue weighted by Crippen LogP contribution is 2.30. The van der Waals surface area contributed by atoms with Gasteiger partial charge in [-0.25, -0.2) is 4.39 Å². The molecule has 3 N–H and O–H groups in total. The molecule has 1 aromatic rings. The van der Waals surface area contributed by atoms with Crippen LogP contribution in [0.1, 0.15) is 80.2 Å². The first kappa shape index (κ1) is 46.0. The van der Waals surface area contributed by atoms with E-state index < -0.39 is 48.4 Å². The van der Waals surface area contributed by atoms with Crippen LogP contribution in [0, 0.1) is 29.5 Å². The maximum absolute atomic E-state index is 14.2. The third-order valence-corrected chi connectivity index (χ3v) is 10.8. The fourth-order valence-corrected chi connectivity index (χ4v) is 7.81. The Morgan fingerprint density at radius 3 is 2.02 bits per heavy atom. The number of hydrogen-bond acceptors (Lipinski definition) is 8. The van der Waals surface area contributed by atoms with Crippen molar-refractivity contribution in [2.75, 3.05) is 41.9 Å². The van der Waals surface area contributed by atoms with E-state index in [-0.39, 0.29) is 72.6 Å². The van der Waals surface area contributed by atoms with Crippen LogP contribution in [-0.4, -0.2) is 134 Å². The molecule has 12 nitrogen and oxygen atoms in total. The number of benzene rings is 1. The maximum atomic E-state index is 14.2. The van der Waals surface area contributed by atoms with Gasteiger partial charge in [-0.15, -0.1) is 0 Å². The van der Waals surface area contributed by atoms with Crippen molar-refractivity contribution in [1.82, 2.24) is 25.3 Å². The number of carbonyl (C=O) groups is 4. The predicted molar refractivity (Wildman–Crippen MR) is 204 cm³/mol. The molecule has 1 aromatic carbocycles. The van der Waals surface area contributed by atoms with E-state index in [1.54, 1.807) is 35.9 Å². The lowest BCUT2D eigenvalue weighted by atomic mass is 9.89. The molecule has 0 aromatic heterocycles. The number of rotatable bonds is 20. The standard InChI is InChI=1S/C40H68FN5O7/c1-14-25(6)36(45(11)40(51)34(23(2)3)43-39(50)35(24(4)5)44(9)10)32(52-12)21-33(48)46-22-30(47)20-31(46)37(53-13)27(8)38(49)42-26(7)19-28-15-17-29(41)18-16-28/h15-18,23-27,30-32,34-37,47H,14,19-22H2,1-13H3,(H,42,49)(H,43,50)/t25-,26+,27+,30-,31-,32+,34-,35-,36?,37+/m0/s1. The second kappa shape index (κ2) is 21.1. The van der Waals surface area contributed by atoms with Gasteiger partial charge < -0.3 is 35.0 Å². The Balaban J connectivity index is 2.27. The second-order valence-corrected chi connectivity index (χ2v) is 15.9. The smallest absolute Gasteiger partial charge is 0.245 e. The van der Waals surface area contributed by atoms with Crippen LogP contribution in [0.3, 0.4) is 0 Å². The molecule has 0 saturated carbocycles. The summed E-state index contributed by atoms with van der Waals surface area (Å²) >= 11 is 0. The van der Waals surface area contributed by atoms with Crippen LogP contribution in [0.25, 0.3) is 0 Å². The molecule has 302 valence electrons. The van der Waals surface area contributed by atoms with Crippen LogP contribution < -0.4 is 10.6 Å². The first-order valence-corrected chi connectivity index (χ1v) is 19.1. The van der Waals surface area contributed by atoms with E-state index >= 15 is 0 Å². The van der Waals surface area contributed by atoms with Crippen LogP contribution in [0.5, 0.6) is 0 Å². The number of hydrogen-bond donors (Lipinski definition) is 3. The quantitative estimate of drug-likeness (QED) is 0.184. The number of nitrogens with zero attached hydrogens (tertiary/aromatic N) is 3. The second-order valence-electron chi connectivity index (χ2n) is 15.9. The van der Waals surface area contributed by atoms with Crippen LogP contribution in [0.2, 0.25) is 0 Å². The normalized spacial score (nSPS) is 20.8. The number of carbonyl (C=O) groups excluding carboxylic acids is 4. The largest absolute Gasteiger partial charge is 0.391 e. The molecule has 4 amide bonds. The predicted octanol–water partition coefficient (Wildman–Crippen LogP) is 3.49. The molecule has 0 spiro atoms. The van der Waals surface area contributed by atoms with Crippen molar-refractivity contribution in [2.45, 2.75) is 130 Å². The average molecular weight is 750 g/mol. The number of ether oxygens (including phenoxy) is 2. The van der Waals surface area contributed by atoms with Crippen molar-refractivity contribution < 1.29 is 38.1 Å². The molecule has 1 aliphatic heterocycles. The lowest BCUT2D eigenvalue weighted by Gasteiger charge is -2.41. The summed E-state index contributed by atoms with van der Waals surface area (Å²) in [5, 5.41) is 16.8. The first-order valence-electron chi connectivity index (χ1n) is 19.1. The molecule has 13 heteroatoms. The Morgan fingerprint density at radius 2 is 1.53 bits per heavy atom. The third-order valence-electron chi connectivity index (χ3n) is 10.8. The van der Waals surface area contributed by atoms with Crippen molar-refractivity contribution in [3.05, 3.63) is 35.6 Å². The lowest BCUT2D eigenvalue weighted by molar-refractivity contribution is -0.148. The number of likely N-dealkylation sites (N-methyl/N-ethyl adjacent to an activating group) is 2. The molecule has 53 heavy (non-hydrogen) atoms. The Bertz CT molecular complexity index is 1320. The van der Waals surface area contributed by atoms with Crippen molar-refractivity contribution in [3.8, 4) is 0 Å². The summed E-state index contributed by atoms with van der Waals surface area (Å²) in [5.41, 5.74) is 0.884. The van der Waals surface area contributed by atoms with E-state index in [2.05, 4.69) is 10.6 Å². The molecule has 1 fully saturated rings. The molecule has 0 radical (unpaired) electrons. The van der Waals surface area contributed by atoms with Crippen LogP contribution in [0.15, 0.2) is 24.3 Å². The highest BCUT2D eigenvalue weighted by molar-refractivity contribution is 5.90. The fourth-order valence-electron chi connectivity index (χ4n) is 7.81. The molecule has 2 rings (SSSR count). The Morgan fingerprint density at radius 1 is 0.925 bits per heavy atom. The van der Waals surface area contributed by atoms with Crippen LogP contribution in [-0.2, 0) is 35.1 Å². The van der Waals surface area contributed by atoms with Gasteiger partial charge in [0.15, 0.2) is 0 Å². The van der Waals surface area contributed by atoms with Gasteiger partial charge in [-0.2, -0.15) is 0 Å². The van der Waals surface area contributed by atoms with E-state index in [0.29, 0.717) is 12.8 Å². The van der Waals surface area contributed by atoms with E-state index in [9.17, 15) is 28.7 Å². The van der Waals surface area contributed by atoms with Gasteiger partial charge in [0, 0.05) is 33.9 Å². The minimum atomic E-state index is -0.808. The Hall–Kier alpha value is -3.13. The van der Waals surface area contributed by atoms with Gasteiger partial charge in [-0.1, -0.05) is 67.0 Å². The van der Waals surface area contributed by atoms with Crippen molar-refractivity contribution in [3.63, 3.8) is 0 Å². The number of nitrogens with one attached hydrogen (secondary N) is 2. The molecule has 1 heterocycles. The molecule has 0 bridgehead atoms. The SMILES string of the molecule is CC[C@H](C)C([C@@H](CC(=O)N1C[C@@H](O)C[C@H]1[C@H](OC)[C@@H](C)C(=O)N[C@H](C)Cc1ccc(F)cc1)OC)N(C)C(=O)[C@@H](NC(=O)[C@H](C(C)C)N(C)C)C(C)C. The maximum Gasteiger partial charge on any atom is 0.245 e. The molecule has 1 aliphatic rings. The fraction of sp³-hybridized carbons (Fsp3) is 0.750. The van der Waals surface area contributed by atoms with Gasteiger partial charge >= 0.3 is 0 Å². The van der Waals surface area contributed by atoms with Crippen LogP contribution >= 0.6 is 0 Å². The van der Waals surface area contributed by atoms with E-state index in [1.807, 2.05) is 67.5 Å². The van der Waals surface area contributed by atoms with Gasteiger partial charge in [0.1, 0.15) is 11.9 Å². The number of aliphatic hydroxyl groups excluding tert-OH is 1. The monoisotopic (exact) mass is 750 g/mol. The molecular weight excluding hydrogens is 681 g/mol. The van der Waals surface area contributed by atoms with E-state index in [4.69, 9.17) is 9.47 Å². The first-order chi connectivity index (χ1) is 24.8. The molecule has 10 atom stereocenters. The minimum Gasteiger partial charge on any atom is -0.391 e. The number of likely N-dealkylation sites (tertiary alicyclic amines) is 1. The van der Waals surface area contributed by atoms with Crippen molar-refractivity contribution in [2.24, 2.45) is 23.7 Å². The van der Waals surface area contributed by atoms with Gasteiger partial charge in [0.05, 0.1) is 48.8 Å². The number of methoxy groups -OCH3 is 2. The number of halogens is 1. The highest BCUT2D eigenvalue weighted by Gasteiger charge is 2.45. The topological polar surface area (TPSA) is 141 Å². The number of aliphatic hydroxyl groups is 1. The number of amides is 4. The number of β-amino-alcohol motifs (C(OH)–C–C–N with tert-alkyl or cyclic N) is 1. The summed E-state index contributed by atoms with van der Waals surface area (Å²) in [5.74, 6) is -2.26. The zero-order valence-electron chi connectivity index (χ0n) is 34.4. The van der Waals surface area contributed by atoms with Crippen molar-refractivity contribution in [1.29, 1.82) is 0 Å². The summed E-state index contributed by atoms with van der Waals surface area (Å²) in [6, 6.07) is 3.60. The minimum absolute atomic E-state index is 0.0294. The Labute approximate surface area is 317 Å². The highest BCUT2D eigenvalue weighted by atomic mass is 19.1. The summed E-state index contributed by atoms with van der Waals surface area (Å²) in [4.78, 5) is 60.3. The van der Waals surface area contributed by atoms with Gasteiger partial charge in [-0.05, 0) is 69.3 Å².